The summed E-state index contributed by atoms with van der Waals surface area (Å²) < 4.78 is 11.2. The Morgan fingerprint density at radius 1 is 1.11 bits per heavy atom. The van der Waals surface area contributed by atoms with Crippen LogP contribution in [0.5, 0.6) is 17.2 Å². The molecule has 2 fully saturated rings. The van der Waals surface area contributed by atoms with Crippen LogP contribution in [0.2, 0.25) is 0 Å². The second-order valence-electron chi connectivity index (χ2n) is 7.48. The van der Waals surface area contributed by atoms with Gasteiger partial charge in [0.2, 0.25) is 5.91 Å². The molecule has 5 nitrogen and oxygen atoms in total. The number of hydrogen-bond acceptors (Lipinski definition) is 4. The van der Waals surface area contributed by atoms with Gasteiger partial charge in [0.15, 0.2) is 11.5 Å². The molecule has 1 heterocycles. The van der Waals surface area contributed by atoms with Crippen molar-refractivity contribution in [2.45, 2.75) is 25.8 Å². The summed E-state index contributed by atoms with van der Waals surface area (Å²) in [5.74, 6) is 2.52. The number of para-hydroxylation sites is 2. The fourth-order valence-electron chi connectivity index (χ4n) is 4.01. The van der Waals surface area contributed by atoms with E-state index < -0.39 is 0 Å². The van der Waals surface area contributed by atoms with Crippen molar-refractivity contribution < 1.29 is 14.3 Å². The van der Waals surface area contributed by atoms with Crippen LogP contribution in [0, 0.1) is 11.3 Å². The van der Waals surface area contributed by atoms with Gasteiger partial charge in [-0.2, -0.15) is 0 Å². The van der Waals surface area contributed by atoms with E-state index in [2.05, 4.69) is 10.6 Å². The molecule has 1 atom stereocenters. The average Bonchev–Trinajstić information content (AvgIpc) is 3.41. The summed E-state index contributed by atoms with van der Waals surface area (Å²) in [7, 11) is 1.63. The van der Waals surface area contributed by atoms with Gasteiger partial charge in [0.25, 0.3) is 0 Å². The first kappa shape index (κ1) is 17.9. The lowest BCUT2D eigenvalue weighted by Crippen LogP contribution is -2.33. The number of carbonyl (C=O) groups is 1. The number of benzene rings is 2. The first-order valence-electron chi connectivity index (χ1n) is 9.58. The fraction of sp³-hybridized carbons (Fsp3) is 0.409. The van der Waals surface area contributed by atoms with Gasteiger partial charge in [0.05, 0.1) is 7.11 Å². The van der Waals surface area contributed by atoms with Gasteiger partial charge in [-0.15, -0.1) is 0 Å². The summed E-state index contributed by atoms with van der Waals surface area (Å²) in [4.78, 5) is 12.5. The van der Waals surface area contributed by atoms with E-state index >= 15 is 0 Å². The van der Waals surface area contributed by atoms with E-state index in [1.54, 1.807) is 7.11 Å². The zero-order valence-electron chi connectivity index (χ0n) is 15.7. The SMILES string of the molecule is COc1ccccc1Oc1ccc(CNC(=O)C2CC23CCNCC3)cc1. The van der Waals surface area contributed by atoms with Gasteiger partial charge in [-0.25, -0.2) is 0 Å². The van der Waals surface area contributed by atoms with Crippen LogP contribution in [-0.2, 0) is 11.3 Å². The molecule has 1 spiro atoms. The lowest BCUT2D eigenvalue weighted by atomic mass is 9.92. The lowest BCUT2D eigenvalue weighted by Gasteiger charge is -2.23. The molecule has 4 rings (SSSR count). The first-order valence-corrected chi connectivity index (χ1v) is 9.58. The van der Waals surface area contributed by atoms with Gasteiger partial charge in [0, 0.05) is 12.5 Å². The number of methoxy groups -OCH3 is 1. The van der Waals surface area contributed by atoms with Gasteiger partial charge in [-0.3, -0.25) is 4.79 Å². The summed E-state index contributed by atoms with van der Waals surface area (Å²) in [5, 5.41) is 6.48. The van der Waals surface area contributed by atoms with Crippen LogP contribution in [-0.4, -0.2) is 26.1 Å². The highest BCUT2D eigenvalue weighted by Crippen LogP contribution is 2.58. The van der Waals surface area contributed by atoms with E-state index in [0.29, 0.717) is 18.0 Å². The van der Waals surface area contributed by atoms with Crippen LogP contribution in [0.15, 0.2) is 48.5 Å². The summed E-state index contributed by atoms with van der Waals surface area (Å²) in [6.45, 7) is 2.63. The summed E-state index contributed by atoms with van der Waals surface area (Å²) in [5.41, 5.74) is 1.35. The van der Waals surface area contributed by atoms with Crippen LogP contribution in [0.1, 0.15) is 24.8 Å². The molecule has 2 N–H and O–H groups in total. The molecule has 2 aromatic carbocycles. The highest BCUT2D eigenvalue weighted by atomic mass is 16.5. The van der Waals surface area contributed by atoms with Crippen molar-refractivity contribution >= 4 is 5.91 Å². The summed E-state index contributed by atoms with van der Waals surface area (Å²) in [6, 6.07) is 15.4. The van der Waals surface area contributed by atoms with Crippen LogP contribution in [0.25, 0.3) is 0 Å². The molecule has 5 heteroatoms. The van der Waals surface area contributed by atoms with Gasteiger partial charge in [-0.05, 0) is 67.6 Å². The third-order valence-corrected chi connectivity index (χ3v) is 5.79. The highest BCUT2D eigenvalue weighted by molar-refractivity contribution is 5.82. The molecule has 0 bridgehead atoms. The molecular weight excluding hydrogens is 340 g/mol. The maximum atomic E-state index is 12.5. The van der Waals surface area contributed by atoms with Crippen molar-refractivity contribution in [3.63, 3.8) is 0 Å². The van der Waals surface area contributed by atoms with Gasteiger partial charge in [-0.1, -0.05) is 24.3 Å². The minimum atomic E-state index is 0.200. The van der Waals surface area contributed by atoms with Crippen molar-refractivity contribution in [1.29, 1.82) is 0 Å². The van der Waals surface area contributed by atoms with E-state index in [-0.39, 0.29) is 17.2 Å². The number of hydrogen-bond donors (Lipinski definition) is 2. The normalized spacial score (nSPS) is 20.1. The minimum absolute atomic E-state index is 0.200. The fourth-order valence-corrected chi connectivity index (χ4v) is 4.01. The largest absolute Gasteiger partial charge is 0.493 e. The van der Waals surface area contributed by atoms with Crippen LogP contribution >= 0.6 is 0 Å². The van der Waals surface area contributed by atoms with Gasteiger partial charge >= 0.3 is 0 Å². The Morgan fingerprint density at radius 2 is 1.81 bits per heavy atom. The molecule has 0 aromatic heterocycles. The van der Waals surface area contributed by atoms with Crippen LogP contribution in [0.3, 0.4) is 0 Å². The molecule has 1 aliphatic heterocycles. The Morgan fingerprint density at radius 3 is 2.52 bits per heavy atom. The maximum absolute atomic E-state index is 12.5. The lowest BCUT2D eigenvalue weighted by molar-refractivity contribution is -0.123. The van der Waals surface area contributed by atoms with Crippen molar-refractivity contribution in [3.05, 3.63) is 54.1 Å². The van der Waals surface area contributed by atoms with Crippen molar-refractivity contribution in [1.82, 2.24) is 10.6 Å². The Labute approximate surface area is 160 Å². The summed E-state index contributed by atoms with van der Waals surface area (Å²) in [6.07, 6.45) is 3.30. The molecule has 1 saturated carbocycles. The molecule has 2 aliphatic rings. The quantitative estimate of drug-likeness (QED) is 0.822. The third-order valence-electron chi connectivity index (χ3n) is 5.79. The Bertz CT molecular complexity index is 797. The van der Waals surface area contributed by atoms with E-state index in [9.17, 15) is 4.79 Å². The molecular formula is C22H26N2O3. The number of nitrogens with one attached hydrogen (secondary N) is 2. The number of rotatable bonds is 6. The van der Waals surface area contributed by atoms with Crippen molar-refractivity contribution in [2.24, 2.45) is 11.3 Å². The second-order valence-corrected chi connectivity index (χ2v) is 7.48. The monoisotopic (exact) mass is 366 g/mol. The topological polar surface area (TPSA) is 59.6 Å². The number of carbonyl (C=O) groups excluding carboxylic acids is 1. The minimum Gasteiger partial charge on any atom is -0.493 e. The second kappa shape index (κ2) is 7.61. The Kier molecular flexibility index (Phi) is 5.03. The molecule has 1 aliphatic carbocycles. The predicted octanol–water partition coefficient (Wildman–Crippen LogP) is 3.49. The molecule has 1 unspecified atom stereocenters. The van der Waals surface area contributed by atoms with Crippen LogP contribution < -0.4 is 20.1 Å². The standard InChI is InChI=1S/C22H26N2O3/c1-26-19-4-2-3-5-20(19)27-17-8-6-16(7-9-17)15-24-21(25)18-14-22(18)10-12-23-13-11-22/h2-9,18,23H,10-15H2,1H3,(H,24,25). The molecule has 142 valence electrons. The first-order chi connectivity index (χ1) is 13.2. The van der Waals surface area contributed by atoms with Crippen molar-refractivity contribution in [3.8, 4) is 17.2 Å². The number of amides is 1. The molecule has 0 radical (unpaired) electrons. The van der Waals surface area contributed by atoms with E-state index in [1.165, 1.54) is 0 Å². The van der Waals surface area contributed by atoms with E-state index in [0.717, 1.165) is 43.7 Å². The molecule has 27 heavy (non-hydrogen) atoms. The van der Waals surface area contributed by atoms with Crippen LogP contribution in [0.4, 0.5) is 0 Å². The Hall–Kier alpha value is -2.53. The summed E-state index contributed by atoms with van der Waals surface area (Å²) >= 11 is 0. The smallest absolute Gasteiger partial charge is 0.223 e. The van der Waals surface area contributed by atoms with E-state index in [4.69, 9.17) is 9.47 Å². The van der Waals surface area contributed by atoms with Crippen molar-refractivity contribution in [2.75, 3.05) is 20.2 Å². The Balaban J connectivity index is 1.30. The average molecular weight is 366 g/mol. The van der Waals surface area contributed by atoms with E-state index in [1.807, 2.05) is 48.5 Å². The van der Waals surface area contributed by atoms with Gasteiger partial charge in [0.1, 0.15) is 5.75 Å². The predicted molar refractivity (Wildman–Crippen MR) is 104 cm³/mol. The zero-order chi connectivity index (χ0) is 18.7. The maximum Gasteiger partial charge on any atom is 0.223 e. The number of ether oxygens (including phenoxy) is 2. The molecule has 1 saturated heterocycles. The molecule has 2 aromatic rings. The molecule has 1 amide bonds. The highest BCUT2D eigenvalue weighted by Gasteiger charge is 2.57. The third kappa shape index (κ3) is 3.93. The number of piperidine rings is 1. The zero-order valence-corrected chi connectivity index (χ0v) is 15.7. The van der Waals surface area contributed by atoms with Gasteiger partial charge < -0.3 is 20.1 Å².